The molecule has 6 heteroatoms. The molecule has 2 aromatic heterocycles. The van der Waals surface area contributed by atoms with E-state index in [0.717, 1.165) is 54.5 Å². The van der Waals surface area contributed by atoms with E-state index in [-0.39, 0.29) is 17.9 Å². The van der Waals surface area contributed by atoms with Crippen molar-refractivity contribution in [2.24, 2.45) is 0 Å². The number of nitrogens with one attached hydrogen (secondary N) is 2. The number of benzene rings is 3. The van der Waals surface area contributed by atoms with Crippen LogP contribution in [0.1, 0.15) is 76.5 Å². The third-order valence-electron chi connectivity index (χ3n) is 8.80. The van der Waals surface area contributed by atoms with Crippen molar-refractivity contribution in [3.05, 3.63) is 125 Å². The molecule has 0 aliphatic carbocycles. The highest BCUT2D eigenvalue weighted by Crippen LogP contribution is 2.42. The van der Waals surface area contributed by atoms with Crippen LogP contribution in [-0.2, 0) is 6.54 Å². The lowest BCUT2D eigenvalue weighted by molar-refractivity contribution is 0.0940. The molecule has 42 heavy (non-hydrogen) atoms. The fraction of sp³-hybridized carbons (Fsp3) is 0.333. The standard InChI is InChI=1S/C36H41N5O/c1-25-11-15-28(16-12-25)33(29-17-13-26(2)14-18-29)34-30-8-4-5-10-32(30)41(27(3)31-9-6-19-38-31)35(34)36(42)39-20-7-22-40-23-21-37-24-40/h4-5,8,10-18,21,23-24,27,31,33,38H,6-7,9,19-20,22H2,1-3H3,(H,39,42). The van der Waals surface area contributed by atoms with Crippen LogP contribution in [0.25, 0.3) is 10.9 Å². The van der Waals surface area contributed by atoms with E-state index in [2.05, 4.69) is 114 Å². The molecule has 1 aliphatic rings. The first kappa shape index (κ1) is 28.0. The highest BCUT2D eigenvalue weighted by atomic mass is 16.2. The number of carbonyl (C=O) groups excluding carboxylic acids is 1. The first-order chi connectivity index (χ1) is 20.5. The minimum Gasteiger partial charge on any atom is -0.351 e. The van der Waals surface area contributed by atoms with Crippen molar-refractivity contribution in [2.45, 2.75) is 64.6 Å². The second kappa shape index (κ2) is 12.4. The Morgan fingerprint density at radius 2 is 1.69 bits per heavy atom. The number of carbonyl (C=O) groups is 1. The lowest BCUT2D eigenvalue weighted by atomic mass is 9.83. The van der Waals surface area contributed by atoms with Gasteiger partial charge in [0.15, 0.2) is 0 Å². The van der Waals surface area contributed by atoms with Gasteiger partial charge in [0.1, 0.15) is 5.69 Å². The zero-order valence-corrected chi connectivity index (χ0v) is 24.9. The van der Waals surface area contributed by atoms with Gasteiger partial charge in [-0.3, -0.25) is 4.79 Å². The van der Waals surface area contributed by atoms with Gasteiger partial charge in [-0.1, -0.05) is 77.9 Å². The van der Waals surface area contributed by atoms with E-state index in [1.54, 1.807) is 6.20 Å². The van der Waals surface area contributed by atoms with Gasteiger partial charge < -0.3 is 19.8 Å². The van der Waals surface area contributed by atoms with Crippen LogP contribution in [-0.4, -0.2) is 39.2 Å². The summed E-state index contributed by atoms with van der Waals surface area (Å²) >= 11 is 0. The van der Waals surface area contributed by atoms with Crippen LogP contribution in [0.4, 0.5) is 0 Å². The topological polar surface area (TPSA) is 63.9 Å². The molecule has 6 nitrogen and oxygen atoms in total. The van der Waals surface area contributed by atoms with Crippen LogP contribution >= 0.6 is 0 Å². The zero-order valence-electron chi connectivity index (χ0n) is 24.9. The van der Waals surface area contributed by atoms with Crippen LogP contribution in [0.3, 0.4) is 0 Å². The molecule has 1 amide bonds. The summed E-state index contributed by atoms with van der Waals surface area (Å²) < 4.78 is 4.38. The summed E-state index contributed by atoms with van der Waals surface area (Å²) in [7, 11) is 0. The summed E-state index contributed by atoms with van der Waals surface area (Å²) in [5.74, 6) is -0.103. The van der Waals surface area contributed by atoms with E-state index in [1.807, 2.05) is 17.1 Å². The predicted molar refractivity (Wildman–Crippen MR) is 170 cm³/mol. The van der Waals surface area contributed by atoms with Gasteiger partial charge in [-0.15, -0.1) is 0 Å². The molecule has 0 radical (unpaired) electrons. The molecule has 6 rings (SSSR count). The number of aryl methyl sites for hydroxylation is 3. The molecule has 3 aromatic carbocycles. The lowest BCUT2D eigenvalue weighted by Gasteiger charge is -2.26. The molecule has 1 fully saturated rings. The first-order valence-electron chi connectivity index (χ1n) is 15.2. The molecule has 0 spiro atoms. The third-order valence-corrected chi connectivity index (χ3v) is 8.80. The number of para-hydroxylation sites is 1. The van der Waals surface area contributed by atoms with Crippen molar-refractivity contribution in [3.63, 3.8) is 0 Å². The van der Waals surface area contributed by atoms with Gasteiger partial charge in [0.05, 0.1) is 6.33 Å². The van der Waals surface area contributed by atoms with Crippen molar-refractivity contribution < 1.29 is 4.79 Å². The summed E-state index contributed by atoms with van der Waals surface area (Å²) in [6.45, 7) is 8.93. The van der Waals surface area contributed by atoms with Crippen LogP contribution in [0.15, 0.2) is 91.5 Å². The number of aromatic nitrogens is 3. The van der Waals surface area contributed by atoms with E-state index >= 15 is 0 Å². The summed E-state index contributed by atoms with van der Waals surface area (Å²) in [4.78, 5) is 18.6. The number of amides is 1. The van der Waals surface area contributed by atoms with E-state index in [0.29, 0.717) is 12.6 Å². The van der Waals surface area contributed by atoms with Crippen LogP contribution in [0.2, 0.25) is 0 Å². The third kappa shape index (κ3) is 5.64. The monoisotopic (exact) mass is 559 g/mol. The Labute approximate surface area is 248 Å². The fourth-order valence-corrected chi connectivity index (χ4v) is 6.55. The molecule has 2 N–H and O–H groups in total. The number of nitrogens with zero attached hydrogens (tertiary/aromatic N) is 3. The quantitative estimate of drug-likeness (QED) is 0.186. The molecular formula is C36H41N5O. The van der Waals surface area contributed by atoms with Gasteiger partial charge in [-0.25, -0.2) is 4.98 Å². The number of hydrogen-bond donors (Lipinski definition) is 2. The molecule has 5 aromatic rings. The maximum atomic E-state index is 14.4. The molecule has 1 aliphatic heterocycles. The Hall–Kier alpha value is -4.16. The Morgan fingerprint density at radius 1 is 1.00 bits per heavy atom. The zero-order chi connectivity index (χ0) is 29.1. The summed E-state index contributed by atoms with van der Waals surface area (Å²) in [5.41, 5.74) is 7.78. The Kier molecular flexibility index (Phi) is 8.24. The van der Waals surface area contributed by atoms with Gasteiger partial charge in [0, 0.05) is 60.0 Å². The predicted octanol–water partition coefficient (Wildman–Crippen LogP) is 6.77. The average molecular weight is 560 g/mol. The van der Waals surface area contributed by atoms with Crippen molar-refractivity contribution in [1.29, 1.82) is 0 Å². The minimum absolute atomic E-state index is 0.0131. The van der Waals surface area contributed by atoms with E-state index in [1.165, 1.54) is 22.3 Å². The smallest absolute Gasteiger partial charge is 0.268 e. The molecule has 216 valence electrons. The summed E-state index contributed by atoms with van der Waals surface area (Å²) in [6.07, 6.45) is 8.67. The number of imidazole rings is 1. The van der Waals surface area contributed by atoms with Crippen LogP contribution in [0.5, 0.6) is 0 Å². The maximum Gasteiger partial charge on any atom is 0.268 e. The van der Waals surface area contributed by atoms with Crippen molar-refractivity contribution in [2.75, 3.05) is 13.1 Å². The average Bonchev–Trinajstić information content (AvgIpc) is 3.78. The summed E-state index contributed by atoms with van der Waals surface area (Å²) in [6, 6.07) is 26.6. The van der Waals surface area contributed by atoms with Gasteiger partial charge in [0.25, 0.3) is 5.91 Å². The van der Waals surface area contributed by atoms with Crippen molar-refractivity contribution >= 4 is 16.8 Å². The largest absolute Gasteiger partial charge is 0.351 e. The van der Waals surface area contributed by atoms with Gasteiger partial charge in [-0.05, 0) is 63.8 Å². The lowest BCUT2D eigenvalue weighted by Crippen LogP contribution is -2.35. The molecule has 0 saturated carbocycles. The Morgan fingerprint density at radius 3 is 2.31 bits per heavy atom. The Balaban J connectivity index is 1.51. The molecule has 2 unspecified atom stereocenters. The first-order valence-corrected chi connectivity index (χ1v) is 15.2. The second-order valence-electron chi connectivity index (χ2n) is 11.8. The van der Waals surface area contributed by atoms with E-state index in [4.69, 9.17) is 0 Å². The van der Waals surface area contributed by atoms with Gasteiger partial charge in [-0.2, -0.15) is 0 Å². The number of hydrogen-bond acceptors (Lipinski definition) is 3. The minimum atomic E-state index is -0.0900. The van der Waals surface area contributed by atoms with Crippen molar-refractivity contribution in [1.82, 2.24) is 24.8 Å². The normalized spacial score (nSPS) is 15.9. The SMILES string of the molecule is Cc1ccc(C(c2ccc(C)cc2)c2c(C(=O)NCCCn3ccnc3)n(C(C)C3CCCN3)c3ccccc23)cc1. The van der Waals surface area contributed by atoms with Crippen LogP contribution in [0, 0.1) is 13.8 Å². The van der Waals surface area contributed by atoms with Gasteiger partial charge in [0.2, 0.25) is 0 Å². The van der Waals surface area contributed by atoms with Crippen LogP contribution < -0.4 is 10.6 Å². The highest BCUT2D eigenvalue weighted by molar-refractivity contribution is 6.03. The Bertz CT molecular complexity index is 1580. The maximum absolute atomic E-state index is 14.4. The van der Waals surface area contributed by atoms with Crippen molar-refractivity contribution in [3.8, 4) is 0 Å². The van der Waals surface area contributed by atoms with Gasteiger partial charge >= 0.3 is 0 Å². The number of fused-ring (bicyclic) bond motifs is 1. The number of rotatable bonds is 10. The molecule has 2 atom stereocenters. The van der Waals surface area contributed by atoms with E-state index in [9.17, 15) is 4.79 Å². The fourth-order valence-electron chi connectivity index (χ4n) is 6.55. The van der Waals surface area contributed by atoms with E-state index < -0.39 is 0 Å². The second-order valence-corrected chi connectivity index (χ2v) is 11.8. The molecule has 1 saturated heterocycles. The highest BCUT2D eigenvalue weighted by Gasteiger charge is 2.34. The molecule has 3 heterocycles. The molecular weight excluding hydrogens is 518 g/mol. The molecule has 0 bridgehead atoms. The summed E-state index contributed by atoms with van der Waals surface area (Å²) in [5, 5.41) is 8.15.